The first-order chi connectivity index (χ1) is 18.8. The van der Waals surface area contributed by atoms with E-state index in [1.807, 2.05) is 63.8 Å². The molecule has 9 heteroatoms. The third-order valence-electron chi connectivity index (χ3n) is 9.74. The third kappa shape index (κ3) is 4.79. The van der Waals surface area contributed by atoms with Gasteiger partial charge in [-0.1, -0.05) is 12.1 Å². The van der Waals surface area contributed by atoms with Crippen LogP contribution >= 0.6 is 0 Å². The fourth-order valence-corrected chi connectivity index (χ4v) is 8.68. The molecule has 2 heterocycles. The SMILES string of the molecule is CC(C)(C)OC(=O)N1[C@H](CN2C(=O)C(N)C(=O)N(CC34CC5CC(CC(C5)C3)C4)c3ccccc32)COC1(C)C. The number of carbonyl (C=O) groups is 3. The Kier molecular flexibility index (Phi) is 6.50. The summed E-state index contributed by atoms with van der Waals surface area (Å²) in [6.07, 6.45) is 6.92. The first-order valence-corrected chi connectivity index (χ1v) is 14.9. The average molecular weight is 553 g/mol. The van der Waals surface area contributed by atoms with Gasteiger partial charge in [0.05, 0.1) is 24.0 Å². The molecule has 0 aromatic heterocycles. The highest BCUT2D eigenvalue weighted by Gasteiger charge is 2.53. The van der Waals surface area contributed by atoms with Gasteiger partial charge in [-0.3, -0.25) is 14.5 Å². The maximum absolute atomic E-state index is 13.9. The second-order valence-corrected chi connectivity index (χ2v) is 14.5. The number of rotatable bonds is 4. The molecule has 1 aromatic rings. The quantitative estimate of drug-likeness (QED) is 0.559. The Bertz CT molecular complexity index is 1170. The first-order valence-electron chi connectivity index (χ1n) is 14.9. The average Bonchev–Trinajstić information content (AvgIpc) is 3.13. The van der Waals surface area contributed by atoms with E-state index in [-0.39, 0.29) is 24.5 Å². The van der Waals surface area contributed by atoms with Gasteiger partial charge in [0.2, 0.25) is 0 Å². The molecule has 218 valence electrons. The molecule has 2 N–H and O–H groups in total. The molecule has 4 aliphatic carbocycles. The summed E-state index contributed by atoms with van der Waals surface area (Å²) in [5, 5.41) is 0. The van der Waals surface area contributed by atoms with Gasteiger partial charge in [0, 0.05) is 13.1 Å². The molecule has 3 amide bonds. The predicted molar refractivity (Wildman–Crippen MR) is 152 cm³/mol. The number of nitrogens with two attached hydrogens (primary N) is 1. The molecule has 1 unspecified atom stereocenters. The molecule has 0 radical (unpaired) electrons. The molecular formula is C31H44N4O5. The molecule has 2 atom stereocenters. The van der Waals surface area contributed by atoms with Crippen molar-refractivity contribution in [2.24, 2.45) is 28.9 Å². The summed E-state index contributed by atoms with van der Waals surface area (Å²) in [5.74, 6) is 1.45. The van der Waals surface area contributed by atoms with E-state index in [1.54, 1.807) is 9.80 Å². The number of nitrogens with zero attached hydrogens (tertiary/aromatic N) is 3. The molecule has 7 rings (SSSR count). The van der Waals surface area contributed by atoms with Crippen molar-refractivity contribution in [3.8, 4) is 0 Å². The van der Waals surface area contributed by atoms with Crippen LogP contribution in [0.15, 0.2) is 24.3 Å². The fraction of sp³-hybridized carbons (Fsp3) is 0.710. The van der Waals surface area contributed by atoms with Gasteiger partial charge < -0.3 is 25.0 Å². The topological polar surface area (TPSA) is 105 Å². The molecule has 4 saturated carbocycles. The van der Waals surface area contributed by atoms with E-state index in [1.165, 1.54) is 19.3 Å². The normalized spacial score (nSPS) is 34.8. The van der Waals surface area contributed by atoms with Gasteiger partial charge in [0.25, 0.3) is 11.8 Å². The van der Waals surface area contributed by atoms with E-state index >= 15 is 0 Å². The Balaban J connectivity index is 1.32. The number of carbonyl (C=O) groups excluding carboxylic acids is 3. The van der Waals surface area contributed by atoms with Crippen LogP contribution in [0.5, 0.6) is 0 Å². The highest BCUT2D eigenvalue weighted by atomic mass is 16.6. The van der Waals surface area contributed by atoms with Crippen molar-refractivity contribution in [2.45, 2.75) is 96.6 Å². The smallest absolute Gasteiger partial charge is 0.412 e. The van der Waals surface area contributed by atoms with Crippen LogP contribution in [0.4, 0.5) is 16.2 Å². The molecule has 2 aliphatic heterocycles. The van der Waals surface area contributed by atoms with E-state index in [0.29, 0.717) is 17.9 Å². The van der Waals surface area contributed by atoms with Crippen LogP contribution < -0.4 is 15.5 Å². The number of amides is 3. The van der Waals surface area contributed by atoms with E-state index in [2.05, 4.69) is 0 Å². The Morgan fingerprint density at radius 2 is 1.50 bits per heavy atom. The van der Waals surface area contributed by atoms with Crippen LogP contribution in [0.2, 0.25) is 0 Å². The van der Waals surface area contributed by atoms with Crippen molar-refractivity contribution in [3.63, 3.8) is 0 Å². The lowest BCUT2D eigenvalue weighted by molar-refractivity contribution is -0.129. The zero-order valence-electron chi connectivity index (χ0n) is 24.5. The maximum Gasteiger partial charge on any atom is 0.412 e. The van der Waals surface area contributed by atoms with Crippen LogP contribution in [0, 0.1) is 23.2 Å². The number of hydrogen-bond acceptors (Lipinski definition) is 6. The van der Waals surface area contributed by atoms with E-state index < -0.39 is 35.4 Å². The highest BCUT2D eigenvalue weighted by molar-refractivity contribution is 6.20. The van der Waals surface area contributed by atoms with Crippen molar-refractivity contribution < 1.29 is 23.9 Å². The largest absolute Gasteiger partial charge is 0.444 e. The van der Waals surface area contributed by atoms with Gasteiger partial charge in [-0.05, 0) is 108 Å². The van der Waals surface area contributed by atoms with Crippen LogP contribution in [-0.4, -0.2) is 65.9 Å². The summed E-state index contributed by atoms with van der Waals surface area (Å²) < 4.78 is 11.7. The summed E-state index contributed by atoms with van der Waals surface area (Å²) in [4.78, 5) is 46.0. The van der Waals surface area contributed by atoms with E-state index in [9.17, 15) is 14.4 Å². The highest BCUT2D eigenvalue weighted by Crippen LogP contribution is 2.60. The minimum Gasteiger partial charge on any atom is -0.444 e. The maximum atomic E-state index is 13.9. The molecular weight excluding hydrogens is 508 g/mol. The van der Waals surface area contributed by atoms with Gasteiger partial charge in [0.1, 0.15) is 11.3 Å². The summed E-state index contributed by atoms with van der Waals surface area (Å²) >= 11 is 0. The molecule has 40 heavy (non-hydrogen) atoms. The van der Waals surface area contributed by atoms with Crippen molar-refractivity contribution in [2.75, 3.05) is 29.5 Å². The summed E-state index contributed by atoms with van der Waals surface area (Å²) in [7, 11) is 0. The number of fused-ring (bicyclic) bond motifs is 1. The first kappa shape index (κ1) is 27.5. The second kappa shape index (κ2) is 9.44. The predicted octanol–water partition coefficient (Wildman–Crippen LogP) is 4.28. The number of hydrogen-bond donors (Lipinski definition) is 1. The van der Waals surface area contributed by atoms with Crippen molar-refractivity contribution in [1.82, 2.24) is 4.90 Å². The molecule has 4 bridgehead atoms. The Hall–Kier alpha value is -2.65. The minimum atomic E-state index is -1.31. The second-order valence-electron chi connectivity index (χ2n) is 14.5. The number of ether oxygens (including phenoxy) is 2. The van der Waals surface area contributed by atoms with Gasteiger partial charge in [-0.2, -0.15) is 0 Å². The van der Waals surface area contributed by atoms with Crippen LogP contribution in [0.3, 0.4) is 0 Å². The zero-order valence-corrected chi connectivity index (χ0v) is 24.5. The summed E-state index contributed by atoms with van der Waals surface area (Å²) in [5.41, 5.74) is 6.29. The number of anilines is 2. The molecule has 9 nitrogen and oxygen atoms in total. The fourth-order valence-electron chi connectivity index (χ4n) is 8.68. The Morgan fingerprint density at radius 3 is 2.05 bits per heavy atom. The Labute approximate surface area is 237 Å². The standard InChI is InChI=1S/C31H44N4O5/c1-29(2,3)40-28(38)35-22(17-39-30(35,4)5)16-33-23-8-6-7-9-24(23)34(27(37)25(32)26(33)36)18-31-13-19-10-20(14-31)12-21(11-19)15-31/h6-9,19-22,25H,10-18,32H2,1-5H3/t19?,20?,21?,22-,25?,31?/m1/s1. The lowest BCUT2D eigenvalue weighted by Crippen LogP contribution is -2.57. The van der Waals surface area contributed by atoms with Gasteiger partial charge in [-0.15, -0.1) is 0 Å². The lowest BCUT2D eigenvalue weighted by atomic mass is 9.49. The zero-order chi connectivity index (χ0) is 28.6. The lowest BCUT2D eigenvalue weighted by Gasteiger charge is -2.57. The van der Waals surface area contributed by atoms with Crippen LogP contribution in [0.1, 0.15) is 73.1 Å². The van der Waals surface area contributed by atoms with E-state index in [0.717, 1.165) is 37.0 Å². The molecule has 6 aliphatic rings. The summed E-state index contributed by atoms with van der Waals surface area (Å²) in [6, 6.07) is 5.80. The molecule has 0 spiro atoms. The van der Waals surface area contributed by atoms with Crippen LogP contribution in [-0.2, 0) is 19.1 Å². The van der Waals surface area contributed by atoms with Crippen molar-refractivity contribution in [1.29, 1.82) is 0 Å². The van der Waals surface area contributed by atoms with Gasteiger partial charge >= 0.3 is 6.09 Å². The van der Waals surface area contributed by atoms with Crippen molar-refractivity contribution in [3.05, 3.63) is 24.3 Å². The van der Waals surface area contributed by atoms with Gasteiger partial charge in [-0.25, -0.2) is 4.79 Å². The summed E-state index contributed by atoms with van der Waals surface area (Å²) in [6.45, 7) is 10.1. The monoisotopic (exact) mass is 552 g/mol. The minimum absolute atomic E-state index is 0.0896. The van der Waals surface area contributed by atoms with Gasteiger partial charge in [0.15, 0.2) is 6.04 Å². The van der Waals surface area contributed by atoms with Crippen LogP contribution in [0.25, 0.3) is 0 Å². The number of benzene rings is 1. The molecule has 1 aromatic carbocycles. The van der Waals surface area contributed by atoms with Crippen molar-refractivity contribution >= 4 is 29.3 Å². The number of para-hydroxylation sites is 2. The Morgan fingerprint density at radius 1 is 0.975 bits per heavy atom. The molecule has 1 saturated heterocycles. The van der Waals surface area contributed by atoms with E-state index in [4.69, 9.17) is 15.2 Å². The third-order valence-corrected chi connectivity index (χ3v) is 9.74. The molecule has 5 fully saturated rings.